The summed E-state index contributed by atoms with van der Waals surface area (Å²) in [6, 6.07) is 7.90. The van der Waals surface area contributed by atoms with Gasteiger partial charge in [0.25, 0.3) is 5.91 Å². The lowest BCUT2D eigenvalue weighted by Gasteiger charge is -2.25. The van der Waals surface area contributed by atoms with Crippen LogP contribution in [0.4, 0.5) is 10.2 Å². The van der Waals surface area contributed by atoms with Crippen LogP contribution in [0.3, 0.4) is 0 Å². The van der Waals surface area contributed by atoms with Crippen molar-refractivity contribution in [1.82, 2.24) is 19.9 Å². The Hall–Kier alpha value is -3.39. The van der Waals surface area contributed by atoms with E-state index in [0.717, 1.165) is 16.8 Å². The van der Waals surface area contributed by atoms with Gasteiger partial charge in [0, 0.05) is 36.5 Å². The van der Waals surface area contributed by atoms with Crippen molar-refractivity contribution in [3.05, 3.63) is 59.9 Å². The van der Waals surface area contributed by atoms with Gasteiger partial charge in [-0.1, -0.05) is 13.0 Å². The van der Waals surface area contributed by atoms with E-state index in [0.29, 0.717) is 23.5 Å². The van der Waals surface area contributed by atoms with Crippen LogP contribution in [0.25, 0.3) is 22.4 Å². The fourth-order valence-corrected chi connectivity index (χ4v) is 3.46. The molecule has 0 radical (unpaired) electrons. The second kappa shape index (κ2) is 8.77. The summed E-state index contributed by atoms with van der Waals surface area (Å²) in [6.45, 7) is 5.22. The summed E-state index contributed by atoms with van der Waals surface area (Å²) in [5.74, 6) is -0.779. The highest BCUT2D eigenvalue weighted by atomic mass is 19.1. The maximum atomic E-state index is 15.0. The van der Waals surface area contributed by atoms with Crippen molar-refractivity contribution >= 4 is 11.7 Å². The van der Waals surface area contributed by atoms with E-state index in [1.54, 1.807) is 32.2 Å². The normalized spacial score (nSPS) is 11.4. The van der Waals surface area contributed by atoms with Gasteiger partial charge in [-0.15, -0.1) is 0 Å². The Kier molecular flexibility index (Phi) is 6.31. The number of aryl methyl sites for hydroxylation is 1. The van der Waals surface area contributed by atoms with Crippen LogP contribution in [0, 0.1) is 5.82 Å². The Bertz CT molecular complexity index is 1090. The summed E-state index contributed by atoms with van der Waals surface area (Å²) < 4.78 is 15.0. The minimum atomic E-state index is -1.08. The van der Waals surface area contributed by atoms with Gasteiger partial charge in [0.2, 0.25) is 0 Å². The molecule has 2 aromatic heterocycles. The van der Waals surface area contributed by atoms with Crippen LogP contribution in [-0.4, -0.2) is 50.1 Å². The van der Waals surface area contributed by atoms with Gasteiger partial charge in [-0.05, 0) is 44.5 Å². The number of aliphatic hydroxyl groups is 1. The zero-order valence-electron chi connectivity index (χ0n) is 18.1. The fourth-order valence-electron chi connectivity index (χ4n) is 3.46. The minimum Gasteiger partial charge on any atom is -0.389 e. The average molecular weight is 423 g/mol. The molecule has 0 aliphatic heterocycles. The summed E-state index contributed by atoms with van der Waals surface area (Å²) in [6.07, 6.45) is 3.73. The Morgan fingerprint density at radius 3 is 2.45 bits per heavy atom. The third-order valence-electron chi connectivity index (χ3n) is 4.78. The molecular weight excluding hydrogens is 397 g/mol. The Morgan fingerprint density at radius 2 is 1.87 bits per heavy atom. The van der Waals surface area contributed by atoms with E-state index < -0.39 is 17.3 Å². The molecule has 31 heavy (non-hydrogen) atoms. The second-order valence-corrected chi connectivity index (χ2v) is 8.04. The van der Waals surface area contributed by atoms with Crippen LogP contribution in [0.1, 0.15) is 36.8 Å². The van der Waals surface area contributed by atoms with Crippen LogP contribution < -0.4 is 5.73 Å². The number of hydrogen-bond donors (Lipinski definition) is 2. The molecule has 1 amide bonds. The first-order valence-corrected chi connectivity index (χ1v) is 9.94. The molecule has 2 heterocycles. The number of nitrogens with zero attached hydrogens (tertiary/aromatic N) is 4. The summed E-state index contributed by atoms with van der Waals surface area (Å²) in [5, 5.41) is 9.94. The number of carbonyl (C=O) groups excluding carboxylic acids is 1. The topological polar surface area (TPSA) is 105 Å². The smallest absolute Gasteiger partial charge is 0.256 e. The number of benzene rings is 1. The summed E-state index contributed by atoms with van der Waals surface area (Å²) in [7, 11) is 1.53. The maximum Gasteiger partial charge on any atom is 0.256 e. The standard InChI is InChI=1S/C23H26FN5O2/c1-5-18-20(15-7-9-19(25)26-11-15)21(28-13-27-18)14-6-8-16(17(24)10-14)22(30)29(4)12-23(2,3)31/h6-11,13,31H,5,12H2,1-4H3,(H2,25,26). The molecular formula is C23H26FN5O2. The van der Waals surface area contributed by atoms with E-state index in [4.69, 9.17) is 5.73 Å². The van der Waals surface area contributed by atoms with E-state index in [-0.39, 0.29) is 12.1 Å². The number of carbonyl (C=O) groups is 1. The summed E-state index contributed by atoms with van der Waals surface area (Å²) in [4.78, 5) is 26.8. The molecule has 3 N–H and O–H groups in total. The predicted molar refractivity (Wildman–Crippen MR) is 118 cm³/mol. The molecule has 0 aliphatic rings. The first kappa shape index (κ1) is 22.3. The van der Waals surface area contributed by atoms with Gasteiger partial charge < -0.3 is 15.7 Å². The van der Waals surface area contributed by atoms with Gasteiger partial charge in [-0.25, -0.2) is 19.3 Å². The molecule has 162 valence electrons. The number of nitrogens with two attached hydrogens (primary N) is 1. The highest BCUT2D eigenvalue weighted by Crippen LogP contribution is 2.33. The first-order valence-electron chi connectivity index (χ1n) is 9.94. The van der Waals surface area contributed by atoms with Crippen LogP contribution >= 0.6 is 0 Å². The van der Waals surface area contributed by atoms with E-state index in [2.05, 4.69) is 15.0 Å². The van der Waals surface area contributed by atoms with E-state index in [1.807, 2.05) is 13.0 Å². The molecule has 7 nitrogen and oxygen atoms in total. The van der Waals surface area contributed by atoms with Crippen LogP contribution in [0.5, 0.6) is 0 Å². The molecule has 0 unspecified atom stereocenters. The van der Waals surface area contributed by atoms with Crippen molar-refractivity contribution < 1.29 is 14.3 Å². The van der Waals surface area contributed by atoms with Crippen molar-refractivity contribution in [3.8, 4) is 22.4 Å². The Morgan fingerprint density at radius 1 is 1.16 bits per heavy atom. The molecule has 0 spiro atoms. The number of likely N-dealkylation sites (N-methyl/N-ethyl adjacent to an activating group) is 1. The van der Waals surface area contributed by atoms with Crippen molar-refractivity contribution in [3.63, 3.8) is 0 Å². The maximum absolute atomic E-state index is 15.0. The SMILES string of the molecule is CCc1ncnc(-c2ccc(C(=O)N(C)CC(C)(C)O)c(F)c2)c1-c1ccc(N)nc1. The van der Waals surface area contributed by atoms with Gasteiger partial charge >= 0.3 is 0 Å². The van der Waals surface area contributed by atoms with Crippen molar-refractivity contribution in [2.45, 2.75) is 32.8 Å². The zero-order chi connectivity index (χ0) is 22.8. The van der Waals surface area contributed by atoms with Crippen molar-refractivity contribution in [2.75, 3.05) is 19.3 Å². The average Bonchev–Trinajstić information content (AvgIpc) is 2.72. The van der Waals surface area contributed by atoms with Gasteiger partial charge in [0.05, 0.1) is 22.6 Å². The molecule has 0 saturated carbocycles. The molecule has 8 heteroatoms. The van der Waals surface area contributed by atoms with Gasteiger partial charge in [-0.3, -0.25) is 4.79 Å². The number of rotatable bonds is 6. The number of halogens is 1. The van der Waals surface area contributed by atoms with E-state index in [1.165, 1.54) is 30.4 Å². The highest BCUT2D eigenvalue weighted by molar-refractivity contribution is 5.95. The molecule has 0 atom stereocenters. The first-order chi connectivity index (χ1) is 14.6. The Balaban J connectivity index is 2.04. The van der Waals surface area contributed by atoms with Gasteiger partial charge in [-0.2, -0.15) is 0 Å². The quantitative estimate of drug-likeness (QED) is 0.630. The van der Waals surface area contributed by atoms with Gasteiger partial charge in [0.15, 0.2) is 0 Å². The molecule has 1 aromatic carbocycles. The minimum absolute atomic E-state index is 0.0732. The molecule has 3 rings (SSSR count). The van der Waals surface area contributed by atoms with Gasteiger partial charge in [0.1, 0.15) is 18.0 Å². The predicted octanol–water partition coefficient (Wildman–Crippen LogP) is 3.33. The monoisotopic (exact) mass is 423 g/mol. The second-order valence-electron chi connectivity index (χ2n) is 8.04. The Labute approximate surface area is 180 Å². The van der Waals surface area contributed by atoms with Crippen molar-refractivity contribution in [2.24, 2.45) is 0 Å². The molecule has 0 fully saturated rings. The van der Waals surface area contributed by atoms with Crippen LogP contribution in [0.15, 0.2) is 42.9 Å². The third kappa shape index (κ3) is 5.03. The third-order valence-corrected chi connectivity index (χ3v) is 4.78. The number of nitrogen functional groups attached to an aromatic ring is 1. The number of anilines is 1. The molecule has 0 saturated heterocycles. The lowest BCUT2D eigenvalue weighted by molar-refractivity contribution is 0.0365. The largest absolute Gasteiger partial charge is 0.389 e. The molecule has 0 aliphatic carbocycles. The number of pyridine rings is 1. The molecule has 3 aromatic rings. The fraction of sp³-hybridized carbons (Fsp3) is 0.304. The highest BCUT2D eigenvalue weighted by Gasteiger charge is 2.23. The molecule has 0 bridgehead atoms. The van der Waals surface area contributed by atoms with Crippen molar-refractivity contribution in [1.29, 1.82) is 0 Å². The number of hydrogen-bond acceptors (Lipinski definition) is 6. The summed E-state index contributed by atoms with van der Waals surface area (Å²) >= 11 is 0. The number of aromatic nitrogens is 3. The van der Waals surface area contributed by atoms with Crippen LogP contribution in [0.2, 0.25) is 0 Å². The lowest BCUT2D eigenvalue weighted by Crippen LogP contribution is -2.40. The zero-order valence-corrected chi connectivity index (χ0v) is 18.1. The number of amides is 1. The van der Waals surface area contributed by atoms with E-state index in [9.17, 15) is 14.3 Å². The lowest BCUT2D eigenvalue weighted by atomic mass is 9.96. The van der Waals surface area contributed by atoms with E-state index >= 15 is 0 Å². The summed E-state index contributed by atoms with van der Waals surface area (Å²) in [5.41, 5.74) is 7.92. The van der Waals surface area contributed by atoms with Crippen LogP contribution in [-0.2, 0) is 6.42 Å².